The molecule has 0 heterocycles. The first-order valence-corrected chi connectivity index (χ1v) is 7.78. The lowest BCUT2D eigenvalue weighted by Crippen LogP contribution is -2.34. The molecule has 2 aromatic carbocycles. The second-order valence-corrected chi connectivity index (χ2v) is 5.73. The van der Waals surface area contributed by atoms with E-state index in [1.54, 1.807) is 0 Å². The molecule has 0 fully saturated rings. The van der Waals surface area contributed by atoms with Gasteiger partial charge in [0.05, 0.1) is 12.6 Å². The summed E-state index contributed by atoms with van der Waals surface area (Å²) in [6.45, 7) is 3.98. The molecule has 4 heteroatoms. The zero-order valence-electron chi connectivity index (χ0n) is 13.5. The SMILES string of the molecule is CC(C)c1cccc(OCC(=O)NC(CO)c2ccccc2)c1. The van der Waals surface area contributed by atoms with Crippen LogP contribution in [0.25, 0.3) is 0 Å². The summed E-state index contributed by atoms with van der Waals surface area (Å²) in [5.74, 6) is 0.818. The van der Waals surface area contributed by atoms with E-state index in [0.29, 0.717) is 11.7 Å². The number of benzene rings is 2. The highest BCUT2D eigenvalue weighted by molar-refractivity contribution is 5.78. The quantitative estimate of drug-likeness (QED) is 0.826. The molecule has 0 radical (unpaired) electrons. The van der Waals surface area contributed by atoms with Crippen LogP contribution in [0.3, 0.4) is 0 Å². The van der Waals surface area contributed by atoms with Crippen LogP contribution in [0.15, 0.2) is 54.6 Å². The number of carbonyl (C=O) groups excluding carboxylic acids is 1. The number of amides is 1. The average Bonchev–Trinajstić information content (AvgIpc) is 2.59. The number of hydrogen-bond donors (Lipinski definition) is 2. The van der Waals surface area contributed by atoms with Crippen LogP contribution in [-0.2, 0) is 4.79 Å². The van der Waals surface area contributed by atoms with Crippen molar-refractivity contribution >= 4 is 5.91 Å². The Kier molecular flexibility index (Phi) is 6.18. The highest BCUT2D eigenvalue weighted by atomic mass is 16.5. The molecule has 2 aromatic rings. The van der Waals surface area contributed by atoms with Crippen molar-refractivity contribution in [2.75, 3.05) is 13.2 Å². The van der Waals surface area contributed by atoms with Gasteiger partial charge in [0.2, 0.25) is 0 Å². The molecule has 122 valence electrons. The maximum absolute atomic E-state index is 12.0. The maximum Gasteiger partial charge on any atom is 0.258 e. The number of rotatable bonds is 7. The molecular weight excluding hydrogens is 290 g/mol. The summed E-state index contributed by atoms with van der Waals surface area (Å²) < 4.78 is 5.55. The van der Waals surface area contributed by atoms with E-state index in [2.05, 4.69) is 19.2 Å². The normalized spacial score (nSPS) is 12.0. The minimum absolute atomic E-state index is 0.0785. The van der Waals surface area contributed by atoms with Gasteiger partial charge in [0.15, 0.2) is 6.61 Å². The van der Waals surface area contributed by atoms with Crippen molar-refractivity contribution < 1.29 is 14.6 Å². The molecule has 1 atom stereocenters. The first-order chi connectivity index (χ1) is 11.1. The summed E-state index contributed by atoms with van der Waals surface area (Å²) in [4.78, 5) is 12.0. The van der Waals surface area contributed by atoms with Crippen LogP contribution in [0, 0.1) is 0 Å². The van der Waals surface area contributed by atoms with E-state index in [0.717, 1.165) is 5.56 Å². The molecule has 2 rings (SSSR count). The third kappa shape index (κ3) is 5.11. The number of aliphatic hydroxyl groups excluding tert-OH is 1. The summed E-state index contributed by atoms with van der Waals surface area (Å²) in [5, 5.41) is 12.2. The number of nitrogens with one attached hydrogen (secondary N) is 1. The monoisotopic (exact) mass is 313 g/mol. The van der Waals surface area contributed by atoms with Crippen molar-refractivity contribution in [2.45, 2.75) is 25.8 Å². The maximum atomic E-state index is 12.0. The Labute approximate surface area is 137 Å². The Morgan fingerprint density at radius 3 is 2.43 bits per heavy atom. The summed E-state index contributed by atoms with van der Waals surface area (Å²) >= 11 is 0. The standard InChI is InChI=1S/C19H23NO3/c1-14(2)16-9-6-10-17(11-16)23-13-19(22)20-18(12-21)15-7-4-3-5-8-15/h3-11,14,18,21H,12-13H2,1-2H3,(H,20,22). The van der Waals surface area contributed by atoms with Gasteiger partial charge in [-0.2, -0.15) is 0 Å². The Bertz CT molecular complexity index is 626. The van der Waals surface area contributed by atoms with E-state index in [4.69, 9.17) is 4.74 Å². The van der Waals surface area contributed by atoms with E-state index < -0.39 is 6.04 Å². The van der Waals surface area contributed by atoms with E-state index >= 15 is 0 Å². The minimum Gasteiger partial charge on any atom is -0.484 e. The molecule has 0 saturated carbocycles. The van der Waals surface area contributed by atoms with Gasteiger partial charge in [-0.25, -0.2) is 0 Å². The van der Waals surface area contributed by atoms with Crippen molar-refractivity contribution in [3.05, 3.63) is 65.7 Å². The Balaban J connectivity index is 1.90. The van der Waals surface area contributed by atoms with E-state index in [1.807, 2.05) is 54.6 Å². The average molecular weight is 313 g/mol. The van der Waals surface area contributed by atoms with Crippen LogP contribution in [0.4, 0.5) is 0 Å². The van der Waals surface area contributed by atoms with Gasteiger partial charge in [-0.1, -0.05) is 56.3 Å². The van der Waals surface area contributed by atoms with Gasteiger partial charge in [-0.15, -0.1) is 0 Å². The van der Waals surface area contributed by atoms with Gasteiger partial charge in [-0.3, -0.25) is 4.79 Å². The van der Waals surface area contributed by atoms with Crippen LogP contribution in [0.2, 0.25) is 0 Å². The number of aliphatic hydroxyl groups is 1. The second-order valence-electron chi connectivity index (χ2n) is 5.73. The van der Waals surface area contributed by atoms with Crippen molar-refractivity contribution in [1.29, 1.82) is 0 Å². The van der Waals surface area contributed by atoms with E-state index in [9.17, 15) is 9.90 Å². The van der Waals surface area contributed by atoms with Crippen molar-refractivity contribution in [2.24, 2.45) is 0 Å². The summed E-state index contributed by atoms with van der Waals surface area (Å²) in [5.41, 5.74) is 2.03. The zero-order chi connectivity index (χ0) is 16.7. The van der Waals surface area contributed by atoms with Gasteiger partial charge in [0, 0.05) is 0 Å². The highest BCUT2D eigenvalue weighted by Gasteiger charge is 2.13. The zero-order valence-corrected chi connectivity index (χ0v) is 13.5. The number of carbonyl (C=O) groups is 1. The van der Waals surface area contributed by atoms with Gasteiger partial charge >= 0.3 is 0 Å². The molecule has 0 spiro atoms. The Hall–Kier alpha value is -2.33. The summed E-state index contributed by atoms with van der Waals surface area (Å²) in [7, 11) is 0. The number of hydrogen-bond acceptors (Lipinski definition) is 3. The molecule has 0 aliphatic heterocycles. The first-order valence-electron chi connectivity index (χ1n) is 7.78. The lowest BCUT2D eigenvalue weighted by molar-refractivity contribution is -0.124. The van der Waals surface area contributed by atoms with Crippen LogP contribution < -0.4 is 10.1 Å². The fourth-order valence-electron chi connectivity index (χ4n) is 2.27. The summed E-state index contributed by atoms with van der Waals surface area (Å²) in [6, 6.07) is 16.7. The largest absolute Gasteiger partial charge is 0.484 e. The van der Waals surface area contributed by atoms with Crippen LogP contribution in [0.5, 0.6) is 5.75 Å². The molecular formula is C19H23NO3. The molecule has 0 aliphatic rings. The molecule has 0 aliphatic carbocycles. The van der Waals surface area contributed by atoms with E-state index in [-0.39, 0.29) is 19.1 Å². The predicted molar refractivity (Wildman–Crippen MR) is 90.4 cm³/mol. The van der Waals surface area contributed by atoms with E-state index in [1.165, 1.54) is 5.56 Å². The van der Waals surface area contributed by atoms with Gasteiger partial charge in [-0.05, 0) is 29.2 Å². The van der Waals surface area contributed by atoms with Crippen LogP contribution >= 0.6 is 0 Å². The van der Waals surface area contributed by atoms with Crippen molar-refractivity contribution in [1.82, 2.24) is 5.32 Å². The smallest absolute Gasteiger partial charge is 0.258 e. The third-order valence-corrected chi connectivity index (χ3v) is 3.61. The second kappa shape index (κ2) is 8.34. The minimum atomic E-state index is -0.422. The Morgan fingerprint density at radius 1 is 1.09 bits per heavy atom. The highest BCUT2D eigenvalue weighted by Crippen LogP contribution is 2.20. The fraction of sp³-hybridized carbons (Fsp3) is 0.316. The molecule has 2 N–H and O–H groups in total. The van der Waals surface area contributed by atoms with Crippen LogP contribution in [0.1, 0.15) is 36.9 Å². The summed E-state index contributed by atoms with van der Waals surface area (Å²) in [6.07, 6.45) is 0. The topological polar surface area (TPSA) is 58.6 Å². The molecule has 23 heavy (non-hydrogen) atoms. The molecule has 1 amide bonds. The van der Waals surface area contributed by atoms with Crippen LogP contribution in [-0.4, -0.2) is 24.2 Å². The van der Waals surface area contributed by atoms with Crippen molar-refractivity contribution in [3.8, 4) is 5.75 Å². The lowest BCUT2D eigenvalue weighted by atomic mass is 10.0. The fourth-order valence-corrected chi connectivity index (χ4v) is 2.27. The van der Waals surface area contributed by atoms with Gasteiger partial charge < -0.3 is 15.2 Å². The van der Waals surface area contributed by atoms with Gasteiger partial charge in [0.1, 0.15) is 5.75 Å². The first kappa shape index (κ1) is 17.0. The molecule has 1 unspecified atom stereocenters. The predicted octanol–water partition coefficient (Wildman–Crippen LogP) is 3.04. The molecule has 0 saturated heterocycles. The number of ether oxygens (including phenoxy) is 1. The third-order valence-electron chi connectivity index (χ3n) is 3.61. The lowest BCUT2D eigenvalue weighted by Gasteiger charge is -2.17. The van der Waals surface area contributed by atoms with Gasteiger partial charge in [0.25, 0.3) is 5.91 Å². The Morgan fingerprint density at radius 2 is 1.78 bits per heavy atom. The molecule has 0 aromatic heterocycles. The van der Waals surface area contributed by atoms with Crippen molar-refractivity contribution in [3.63, 3.8) is 0 Å². The molecule has 0 bridgehead atoms. The molecule has 4 nitrogen and oxygen atoms in total.